The molecule has 1 aromatic carbocycles. The maximum Gasteiger partial charge on any atom is 0.0207 e. The summed E-state index contributed by atoms with van der Waals surface area (Å²) in [6, 6.07) is 6.42. The zero-order chi connectivity index (χ0) is 8.77. The lowest BCUT2D eigenvalue weighted by Gasteiger charge is -2.15. The summed E-state index contributed by atoms with van der Waals surface area (Å²) in [5.41, 5.74) is 8.84. The highest BCUT2D eigenvalue weighted by Crippen LogP contribution is 2.29. The predicted molar refractivity (Wildman–Crippen MR) is 54.1 cm³/mol. The molecule has 12 heavy (non-hydrogen) atoms. The molecule has 0 bridgehead atoms. The molecule has 0 spiro atoms. The molecule has 64 valence electrons. The minimum absolute atomic E-state index is 0.0247. The normalized spacial score (nSPS) is 27.2. The molecule has 2 heteroatoms. The Kier molecular flexibility index (Phi) is 1.77. The Labute approximate surface area is 81.1 Å². The molecule has 1 aromatic rings. The Morgan fingerprint density at radius 2 is 2.00 bits per heavy atom. The molecule has 0 aromatic heterocycles. The standard InChI is InChI=1S/C10H12BrN/c1-10(12)5-7-2-3-9(11)4-8(7)6-10/h2-4H,5-6,12H2,1H3. The SMILES string of the molecule is CC1(N)Cc2ccc(Br)cc2C1. The van der Waals surface area contributed by atoms with Gasteiger partial charge in [0.25, 0.3) is 0 Å². The van der Waals surface area contributed by atoms with E-state index in [-0.39, 0.29) is 5.54 Å². The Morgan fingerprint density at radius 1 is 1.33 bits per heavy atom. The summed E-state index contributed by atoms with van der Waals surface area (Å²) in [4.78, 5) is 0. The Hall–Kier alpha value is -0.340. The van der Waals surface area contributed by atoms with Crippen molar-refractivity contribution in [3.8, 4) is 0 Å². The van der Waals surface area contributed by atoms with Gasteiger partial charge in [0.1, 0.15) is 0 Å². The Morgan fingerprint density at radius 3 is 2.75 bits per heavy atom. The van der Waals surface area contributed by atoms with E-state index in [9.17, 15) is 0 Å². The van der Waals surface area contributed by atoms with Crippen LogP contribution in [0.2, 0.25) is 0 Å². The fourth-order valence-corrected chi connectivity index (χ4v) is 2.27. The summed E-state index contributed by atoms with van der Waals surface area (Å²) in [5.74, 6) is 0. The Bertz CT molecular complexity index is 318. The van der Waals surface area contributed by atoms with E-state index < -0.39 is 0 Å². The number of fused-ring (bicyclic) bond motifs is 1. The largest absolute Gasteiger partial charge is 0.325 e. The molecule has 0 radical (unpaired) electrons. The van der Waals surface area contributed by atoms with Crippen LogP contribution in [0.15, 0.2) is 22.7 Å². The first-order valence-electron chi connectivity index (χ1n) is 4.13. The second-order valence-corrected chi connectivity index (χ2v) is 4.84. The third-order valence-electron chi connectivity index (χ3n) is 2.36. The van der Waals surface area contributed by atoms with E-state index in [1.165, 1.54) is 11.1 Å². The van der Waals surface area contributed by atoms with Gasteiger partial charge in [-0.15, -0.1) is 0 Å². The van der Waals surface area contributed by atoms with Crippen LogP contribution in [-0.2, 0) is 12.8 Å². The van der Waals surface area contributed by atoms with Gasteiger partial charge < -0.3 is 5.73 Å². The van der Waals surface area contributed by atoms with Crippen molar-refractivity contribution in [1.29, 1.82) is 0 Å². The molecule has 0 saturated heterocycles. The number of nitrogens with two attached hydrogens (primary N) is 1. The van der Waals surface area contributed by atoms with Crippen molar-refractivity contribution >= 4 is 15.9 Å². The third-order valence-corrected chi connectivity index (χ3v) is 2.85. The van der Waals surface area contributed by atoms with Gasteiger partial charge in [-0.3, -0.25) is 0 Å². The van der Waals surface area contributed by atoms with Crippen molar-refractivity contribution in [2.75, 3.05) is 0 Å². The van der Waals surface area contributed by atoms with Crippen LogP contribution in [0, 0.1) is 0 Å². The smallest absolute Gasteiger partial charge is 0.0207 e. The Balaban J connectivity index is 2.43. The summed E-state index contributed by atoms with van der Waals surface area (Å²) in [5, 5.41) is 0. The predicted octanol–water partition coefficient (Wildman–Crippen LogP) is 2.27. The molecule has 1 nitrogen and oxygen atoms in total. The molecule has 0 aliphatic heterocycles. The van der Waals surface area contributed by atoms with Crippen molar-refractivity contribution in [2.24, 2.45) is 5.73 Å². The molecule has 2 N–H and O–H groups in total. The average Bonchev–Trinajstić information content (AvgIpc) is 2.21. The lowest BCUT2D eigenvalue weighted by Crippen LogP contribution is -2.36. The van der Waals surface area contributed by atoms with Crippen molar-refractivity contribution in [3.63, 3.8) is 0 Å². The van der Waals surface area contributed by atoms with Gasteiger partial charge in [-0.2, -0.15) is 0 Å². The molecule has 1 unspecified atom stereocenters. The second-order valence-electron chi connectivity index (χ2n) is 3.92. The van der Waals surface area contributed by atoms with Gasteiger partial charge in [-0.25, -0.2) is 0 Å². The van der Waals surface area contributed by atoms with Gasteiger partial charge in [0.15, 0.2) is 0 Å². The molecule has 0 saturated carbocycles. The number of rotatable bonds is 0. The van der Waals surface area contributed by atoms with Gasteiger partial charge in [0.05, 0.1) is 0 Å². The van der Waals surface area contributed by atoms with Gasteiger partial charge in [0, 0.05) is 10.0 Å². The van der Waals surface area contributed by atoms with Crippen LogP contribution in [0.5, 0.6) is 0 Å². The summed E-state index contributed by atoms with van der Waals surface area (Å²) < 4.78 is 1.15. The molecule has 1 aliphatic carbocycles. The number of hydrogen-bond donors (Lipinski definition) is 1. The van der Waals surface area contributed by atoms with E-state index in [1.54, 1.807) is 0 Å². The zero-order valence-corrected chi connectivity index (χ0v) is 8.69. The van der Waals surface area contributed by atoms with E-state index in [1.807, 2.05) is 0 Å². The van der Waals surface area contributed by atoms with Crippen LogP contribution in [0.1, 0.15) is 18.1 Å². The molecule has 1 aliphatic rings. The summed E-state index contributed by atoms with van der Waals surface area (Å²) in [6.07, 6.45) is 2.01. The maximum atomic E-state index is 6.06. The van der Waals surface area contributed by atoms with Crippen LogP contribution in [-0.4, -0.2) is 5.54 Å². The summed E-state index contributed by atoms with van der Waals surface area (Å²) >= 11 is 3.46. The highest BCUT2D eigenvalue weighted by molar-refractivity contribution is 9.10. The minimum atomic E-state index is -0.0247. The lowest BCUT2D eigenvalue weighted by atomic mass is 10.0. The molecule has 0 amide bonds. The minimum Gasteiger partial charge on any atom is -0.325 e. The molecule has 0 fully saturated rings. The van der Waals surface area contributed by atoms with Crippen LogP contribution < -0.4 is 5.73 Å². The van der Waals surface area contributed by atoms with Crippen LogP contribution in [0.25, 0.3) is 0 Å². The maximum absolute atomic E-state index is 6.06. The van der Waals surface area contributed by atoms with Gasteiger partial charge in [-0.05, 0) is 43.0 Å². The topological polar surface area (TPSA) is 26.0 Å². The number of hydrogen-bond acceptors (Lipinski definition) is 1. The van der Waals surface area contributed by atoms with Crippen LogP contribution in [0.3, 0.4) is 0 Å². The number of benzene rings is 1. The van der Waals surface area contributed by atoms with Crippen molar-refractivity contribution in [3.05, 3.63) is 33.8 Å². The second kappa shape index (κ2) is 2.57. The first-order valence-corrected chi connectivity index (χ1v) is 4.92. The van der Waals surface area contributed by atoms with Gasteiger partial charge in [0.2, 0.25) is 0 Å². The molecule has 0 heterocycles. The zero-order valence-electron chi connectivity index (χ0n) is 7.10. The van der Waals surface area contributed by atoms with Crippen molar-refractivity contribution in [1.82, 2.24) is 0 Å². The monoisotopic (exact) mass is 225 g/mol. The van der Waals surface area contributed by atoms with E-state index >= 15 is 0 Å². The first-order chi connectivity index (χ1) is 5.57. The van der Waals surface area contributed by atoms with E-state index in [0.29, 0.717) is 0 Å². The number of halogens is 1. The average molecular weight is 226 g/mol. The van der Waals surface area contributed by atoms with Crippen molar-refractivity contribution in [2.45, 2.75) is 25.3 Å². The molecule has 2 rings (SSSR count). The van der Waals surface area contributed by atoms with E-state index in [4.69, 9.17) is 5.73 Å². The highest BCUT2D eigenvalue weighted by atomic mass is 79.9. The van der Waals surface area contributed by atoms with Gasteiger partial charge >= 0.3 is 0 Å². The van der Waals surface area contributed by atoms with Crippen molar-refractivity contribution < 1.29 is 0 Å². The van der Waals surface area contributed by atoms with Crippen LogP contribution >= 0.6 is 15.9 Å². The first kappa shape index (κ1) is 8.27. The molecular formula is C10H12BrN. The quantitative estimate of drug-likeness (QED) is 0.721. The third kappa shape index (κ3) is 1.41. The molecule has 1 atom stereocenters. The highest BCUT2D eigenvalue weighted by Gasteiger charge is 2.28. The van der Waals surface area contributed by atoms with Crippen LogP contribution in [0.4, 0.5) is 0 Å². The lowest BCUT2D eigenvalue weighted by molar-refractivity contribution is 0.499. The fourth-order valence-electron chi connectivity index (χ4n) is 1.86. The van der Waals surface area contributed by atoms with E-state index in [0.717, 1.165) is 17.3 Å². The van der Waals surface area contributed by atoms with E-state index in [2.05, 4.69) is 41.1 Å². The van der Waals surface area contributed by atoms with Gasteiger partial charge in [-0.1, -0.05) is 22.0 Å². The summed E-state index contributed by atoms with van der Waals surface area (Å²) in [7, 11) is 0. The molecular weight excluding hydrogens is 214 g/mol. The summed E-state index contributed by atoms with van der Waals surface area (Å²) in [6.45, 7) is 2.11. The fraction of sp³-hybridized carbons (Fsp3) is 0.400.